The minimum absolute atomic E-state index is 0.0341. The van der Waals surface area contributed by atoms with Crippen LogP contribution >= 0.6 is 11.3 Å². The Morgan fingerprint density at radius 3 is 2.72 bits per heavy atom. The van der Waals surface area contributed by atoms with Gasteiger partial charge in [-0.25, -0.2) is 0 Å². The van der Waals surface area contributed by atoms with Gasteiger partial charge < -0.3 is 19.4 Å². The van der Waals surface area contributed by atoms with Gasteiger partial charge >= 0.3 is 4.87 Å². The summed E-state index contributed by atoms with van der Waals surface area (Å²) in [5, 5.41) is 2.81. The number of amides is 1. The molecule has 6 nitrogen and oxygen atoms in total. The molecule has 3 rings (SSSR count). The fraction of sp³-hybridized carbons (Fsp3) is 0.222. The zero-order valence-electron chi connectivity index (χ0n) is 14.1. The second-order valence-corrected chi connectivity index (χ2v) is 6.53. The normalized spacial score (nSPS) is 12.0. The molecule has 130 valence electrons. The van der Waals surface area contributed by atoms with E-state index in [2.05, 4.69) is 5.32 Å². The van der Waals surface area contributed by atoms with E-state index in [9.17, 15) is 9.59 Å². The van der Waals surface area contributed by atoms with Gasteiger partial charge in [-0.05, 0) is 37.3 Å². The van der Waals surface area contributed by atoms with Crippen molar-refractivity contribution < 1.29 is 14.3 Å². The monoisotopic (exact) mass is 358 g/mol. The van der Waals surface area contributed by atoms with Gasteiger partial charge in [0.05, 0.1) is 17.3 Å². The molecule has 7 heteroatoms. The molecular weight excluding hydrogens is 340 g/mol. The number of aryl methyl sites for hydroxylation is 1. The highest BCUT2D eigenvalue weighted by molar-refractivity contribution is 7.16. The predicted molar refractivity (Wildman–Crippen MR) is 98.8 cm³/mol. The zero-order valence-corrected chi connectivity index (χ0v) is 14.9. The number of hydrogen-bond acceptors (Lipinski definition) is 5. The maximum absolute atomic E-state index is 12.3. The number of ether oxygens (including phenoxy) is 2. The number of carbonyl (C=O) groups excluding carboxylic acids is 1. The lowest BCUT2D eigenvalue weighted by atomic mass is 10.2. The van der Waals surface area contributed by atoms with Gasteiger partial charge in [-0.1, -0.05) is 17.4 Å². The molecule has 3 aromatic rings. The van der Waals surface area contributed by atoms with Gasteiger partial charge in [0, 0.05) is 18.8 Å². The van der Waals surface area contributed by atoms with Gasteiger partial charge in [-0.15, -0.1) is 0 Å². The van der Waals surface area contributed by atoms with E-state index >= 15 is 0 Å². The van der Waals surface area contributed by atoms with Crippen molar-refractivity contribution in [3.63, 3.8) is 0 Å². The molecule has 0 aliphatic rings. The first-order valence-electron chi connectivity index (χ1n) is 7.69. The number of nitrogens with zero attached hydrogens (tertiary/aromatic N) is 1. The van der Waals surface area contributed by atoms with E-state index in [1.165, 1.54) is 0 Å². The summed E-state index contributed by atoms with van der Waals surface area (Å²) in [6.07, 6.45) is -0.683. The van der Waals surface area contributed by atoms with Crippen molar-refractivity contribution in [2.24, 2.45) is 7.05 Å². The average Bonchev–Trinajstić information content (AvgIpc) is 2.88. The molecule has 0 spiro atoms. The molecule has 1 aromatic heterocycles. The summed E-state index contributed by atoms with van der Waals surface area (Å²) in [7, 11) is 3.30. The summed E-state index contributed by atoms with van der Waals surface area (Å²) in [5.74, 6) is 0.943. The Bertz CT molecular complexity index is 977. The first-order valence-corrected chi connectivity index (χ1v) is 8.51. The smallest absolute Gasteiger partial charge is 0.307 e. The largest absolute Gasteiger partial charge is 0.497 e. The molecule has 1 heterocycles. The van der Waals surface area contributed by atoms with Crippen molar-refractivity contribution in [1.82, 2.24) is 4.57 Å². The van der Waals surface area contributed by atoms with E-state index in [1.807, 2.05) is 6.07 Å². The molecule has 25 heavy (non-hydrogen) atoms. The average molecular weight is 358 g/mol. The van der Waals surface area contributed by atoms with Crippen LogP contribution in [0.4, 0.5) is 5.69 Å². The molecular formula is C18H18N2O4S. The van der Waals surface area contributed by atoms with E-state index in [0.717, 1.165) is 21.6 Å². The Labute approximate surface area is 148 Å². The number of benzene rings is 2. The summed E-state index contributed by atoms with van der Waals surface area (Å²) in [4.78, 5) is 24.0. The first kappa shape index (κ1) is 17.0. The van der Waals surface area contributed by atoms with Crippen LogP contribution in [0.15, 0.2) is 47.3 Å². The predicted octanol–water partition coefficient (Wildman–Crippen LogP) is 3.01. The van der Waals surface area contributed by atoms with Gasteiger partial charge in [0.15, 0.2) is 6.10 Å². The Morgan fingerprint density at radius 1 is 1.20 bits per heavy atom. The van der Waals surface area contributed by atoms with Crippen LogP contribution in [0, 0.1) is 0 Å². The van der Waals surface area contributed by atoms with Crippen LogP contribution in [0.25, 0.3) is 10.2 Å². The molecule has 1 atom stereocenters. The topological polar surface area (TPSA) is 69.6 Å². The molecule has 0 aliphatic carbocycles. The minimum atomic E-state index is -0.683. The van der Waals surface area contributed by atoms with Crippen LogP contribution in [-0.2, 0) is 11.8 Å². The number of thiazole rings is 1. The van der Waals surface area contributed by atoms with Crippen molar-refractivity contribution in [2.75, 3.05) is 12.4 Å². The highest BCUT2D eigenvalue weighted by atomic mass is 32.1. The minimum Gasteiger partial charge on any atom is -0.497 e. The van der Waals surface area contributed by atoms with E-state index in [0.29, 0.717) is 17.2 Å². The van der Waals surface area contributed by atoms with Crippen LogP contribution in [0.1, 0.15) is 6.92 Å². The Balaban J connectivity index is 1.71. The lowest BCUT2D eigenvalue weighted by molar-refractivity contribution is -0.122. The Morgan fingerprint density at radius 2 is 1.96 bits per heavy atom. The molecule has 0 saturated heterocycles. The van der Waals surface area contributed by atoms with Gasteiger partial charge in [0.1, 0.15) is 11.5 Å². The van der Waals surface area contributed by atoms with Crippen molar-refractivity contribution in [3.05, 3.63) is 52.1 Å². The van der Waals surface area contributed by atoms with E-state index in [4.69, 9.17) is 9.47 Å². The second kappa shape index (κ2) is 6.98. The van der Waals surface area contributed by atoms with Gasteiger partial charge in [0.2, 0.25) is 0 Å². The van der Waals surface area contributed by atoms with Gasteiger partial charge in [0.25, 0.3) is 5.91 Å². The van der Waals surface area contributed by atoms with Gasteiger partial charge in [-0.3, -0.25) is 9.59 Å². The maximum Gasteiger partial charge on any atom is 0.307 e. The number of aromatic nitrogens is 1. The third-order valence-electron chi connectivity index (χ3n) is 3.78. The molecule has 1 amide bonds. The molecule has 0 aliphatic heterocycles. The standard InChI is InChI=1S/C18H18N2O4S/c1-11(24-14-6-4-5-13(10-14)23-3)17(21)19-12-7-8-15-16(9-12)25-18(22)20(15)2/h4-11H,1-3H3,(H,19,21). The number of carbonyl (C=O) groups is 1. The fourth-order valence-electron chi connectivity index (χ4n) is 2.39. The summed E-state index contributed by atoms with van der Waals surface area (Å²) < 4.78 is 13.2. The number of anilines is 1. The maximum atomic E-state index is 12.3. The Hall–Kier alpha value is -2.80. The second-order valence-electron chi connectivity index (χ2n) is 5.54. The van der Waals surface area contributed by atoms with E-state index in [-0.39, 0.29) is 10.8 Å². The first-order chi connectivity index (χ1) is 12.0. The van der Waals surface area contributed by atoms with Crippen LogP contribution in [0.2, 0.25) is 0 Å². The van der Waals surface area contributed by atoms with Crippen LogP contribution in [-0.4, -0.2) is 23.7 Å². The molecule has 0 saturated carbocycles. The summed E-state index contributed by atoms with van der Waals surface area (Å²) in [6, 6.07) is 12.5. The summed E-state index contributed by atoms with van der Waals surface area (Å²) >= 11 is 1.15. The van der Waals surface area contributed by atoms with Crippen molar-refractivity contribution in [1.29, 1.82) is 0 Å². The number of hydrogen-bond donors (Lipinski definition) is 1. The Kier molecular flexibility index (Phi) is 4.76. The number of rotatable bonds is 5. The SMILES string of the molecule is COc1cccc(OC(C)C(=O)Nc2ccc3c(c2)sc(=O)n3C)c1. The molecule has 2 aromatic carbocycles. The van der Waals surface area contributed by atoms with Crippen LogP contribution in [0.5, 0.6) is 11.5 Å². The lowest BCUT2D eigenvalue weighted by Crippen LogP contribution is -2.30. The summed E-state index contributed by atoms with van der Waals surface area (Å²) in [6.45, 7) is 1.67. The van der Waals surface area contributed by atoms with Crippen molar-refractivity contribution >= 4 is 33.1 Å². The van der Waals surface area contributed by atoms with Crippen molar-refractivity contribution in [2.45, 2.75) is 13.0 Å². The molecule has 0 radical (unpaired) electrons. The third-order valence-corrected chi connectivity index (χ3v) is 4.78. The molecule has 0 fully saturated rings. The fourth-order valence-corrected chi connectivity index (χ4v) is 3.31. The number of methoxy groups -OCH3 is 1. The van der Waals surface area contributed by atoms with E-state index < -0.39 is 6.10 Å². The van der Waals surface area contributed by atoms with E-state index in [1.54, 1.807) is 62.0 Å². The molecule has 0 bridgehead atoms. The van der Waals surface area contributed by atoms with Crippen molar-refractivity contribution in [3.8, 4) is 11.5 Å². The van der Waals surface area contributed by atoms with Crippen LogP contribution < -0.4 is 19.7 Å². The number of nitrogens with one attached hydrogen (secondary N) is 1. The number of fused-ring (bicyclic) bond motifs is 1. The summed E-state index contributed by atoms with van der Waals surface area (Å²) in [5.41, 5.74) is 1.47. The highest BCUT2D eigenvalue weighted by Crippen LogP contribution is 2.22. The highest BCUT2D eigenvalue weighted by Gasteiger charge is 2.16. The quantitative estimate of drug-likeness (QED) is 0.761. The third kappa shape index (κ3) is 3.66. The molecule has 1 N–H and O–H groups in total. The zero-order chi connectivity index (χ0) is 18.0. The lowest BCUT2D eigenvalue weighted by Gasteiger charge is -2.15. The van der Waals surface area contributed by atoms with Gasteiger partial charge in [-0.2, -0.15) is 0 Å². The van der Waals surface area contributed by atoms with Crippen LogP contribution in [0.3, 0.4) is 0 Å². The molecule has 1 unspecified atom stereocenters.